The Morgan fingerprint density at radius 3 is 2.44 bits per heavy atom. The van der Waals surface area contributed by atoms with Crippen molar-refractivity contribution in [2.75, 3.05) is 27.4 Å². The molecule has 0 amide bonds. The fourth-order valence-electron chi connectivity index (χ4n) is 2.42. The minimum Gasteiger partial charge on any atom is -0.496 e. The molecule has 1 fully saturated rings. The number of ether oxygens (including phenoxy) is 3. The van der Waals surface area contributed by atoms with Gasteiger partial charge in [0, 0.05) is 12.5 Å². The van der Waals surface area contributed by atoms with Crippen molar-refractivity contribution in [1.82, 2.24) is 0 Å². The Morgan fingerprint density at radius 2 is 1.94 bits per heavy atom. The number of rotatable bonds is 4. The van der Waals surface area contributed by atoms with E-state index in [4.69, 9.17) is 14.2 Å². The van der Waals surface area contributed by atoms with Crippen molar-refractivity contribution in [2.45, 2.75) is 18.9 Å². The first-order valence-electron chi connectivity index (χ1n) is 6.24. The normalized spacial score (nSPS) is 21.4. The van der Waals surface area contributed by atoms with Crippen LogP contribution in [0, 0.1) is 5.92 Å². The lowest BCUT2D eigenvalue weighted by Gasteiger charge is -2.28. The number of hydrogen-bond donors (Lipinski definition) is 1. The van der Waals surface area contributed by atoms with E-state index in [0.29, 0.717) is 18.1 Å². The van der Waals surface area contributed by atoms with Crippen LogP contribution in [0.5, 0.6) is 11.5 Å². The van der Waals surface area contributed by atoms with E-state index in [-0.39, 0.29) is 5.92 Å². The predicted octanol–water partition coefficient (Wildman–Crippen LogP) is 2.16. The van der Waals surface area contributed by atoms with Crippen LogP contribution in [0.4, 0.5) is 0 Å². The monoisotopic (exact) mass is 252 g/mol. The van der Waals surface area contributed by atoms with Crippen LogP contribution >= 0.6 is 0 Å². The van der Waals surface area contributed by atoms with Gasteiger partial charge >= 0.3 is 0 Å². The molecule has 0 aliphatic carbocycles. The van der Waals surface area contributed by atoms with Crippen LogP contribution in [0.2, 0.25) is 0 Å². The zero-order chi connectivity index (χ0) is 13.0. The van der Waals surface area contributed by atoms with Crippen LogP contribution in [-0.2, 0) is 4.74 Å². The van der Waals surface area contributed by atoms with E-state index in [0.717, 1.165) is 25.0 Å². The van der Waals surface area contributed by atoms with Crippen molar-refractivity contribution in [1.29, 1.82) is 0 Å². The first-order valence-corrected chi connectivity index (χ1v) is 6.24. The predicted molar refractivity (Wildman–Crippen MR) is 68.0 cm³/mol. The Kier molecular flexibility index (Phi) is 4.44. The third-order valence-electron chi connectivity index (χ3n) is 3.40. The van der Waals surface area contributed by atoms with E-state index >= 15 is 0 Å². The molecule has 0 bridgehead atoms. The highest BCUT2D eigenvalue weighted by atomic mass is 16.5. The minimum absolute atomic E-state index is 0.101. The van der Waals surface area contributed by atoms with Gasteiger partial charge in [-0.3, -0.25) is 0 Å². The molecular formula is C14H20O4. The molecule has 4 nitrogen and oxygen atoms in total. The van der Waals surface area contributed by atoms with Gasteiger partial charge in [0.2, 0.25) is 0 Å². The third kappa shape index (κ3) is 2.60. The van der Waals surface area contributed by atoms with E-state index in [9.17, 15) is 5.11 Å². The number of hydrogen-bond acceptors (Lipinski definition) is 4. The molecule has 1 aromatic carbocycles. The maximum Gasteiger partial charge on any atom is 0.128 e. The second-order valence-electron chi connectivity index (χ2n) is 4.50. The minimum atomic E-state index is -0.614. The van der Waals surface area contributed by atoms with E-state index in [1.807, 2.05) is 18.2 Å². The van der Waals surface area contributed by atoms with Crippen molar-refractivity contribution in [2.24, 2.45) is 5.92 Å². The lowest BCUT2D eigenvalue weighted by molar-refractivity contribution is -0.0115. The average Bonchev–Trinajstić information content (AvgIpc) is 2.46. The van der Waals surface area contributed by atoms with Crippen LogP contribution in [0.1, 0.15) is 24.5 Å². The number of aliphatic hydroxyl groups excluding tert-OH is 1. The van der Waals surface area contributed by atoms with Gasteiger partial charge in [0.15, 0.2) is 0 Å². The summed E-state index contributed by atoms with van der Waals surface area (Å²) in [4.78, 5) is 0. The molecule has 2 rings (SSSR count). The molecule has 0 aromatic heterocycles. The molecule has 1 aromatic rings. The Hall–Kier alpha value is -1.26. The lowest BCUT2D eigenvalue weighted by Crippen LogP contribution is -2.24. The zero-order valence-electron chi connectivity index (χ0n) is 10.9. The number of benzene rings is 1. The topological polar surface area (TPSA) is 47.9 Å². The summed E-state index contributed by atoms with van der Waals surface area (Å²) in [6.07, 6.45) is 1.33. The highest BCUT2D eigenvalue weighted by Gasteiger charge is 2.28. The van der Waals surface area contributed by atoms with Gasteiger partial charge < -0.3 is 19.3 Å². The molecule has 0 radical (unpaired) electrons. The molecular weight excluding hydrogens is 232 g/mol. The average molecular weight is 252 g/mol. The largest absolute Gasteiger partial charge is 0.496 e. The number of aliphatic hydroxyl groups is 1. The molecule has 0 spiro atoms. The van der Waals surface area contributed by atoms with E-state index in [1.54, 1.807) is 14.2 Å². The van der Waals surface area contributed by atoms with Gasteiger partial charge in [-0.1, -0.05) is 6.07 Å². The van der Waals surface area contributed by atoms with Crippen LogP contribution in [0.3, 0.4) is 0 Å². The van der Waals surface area contributed by atoms with Crippen LogP contribution < -0.4 is 9.47 Å². The summed E-state index contributed by atoms with van der Waals surface area (Å²) < 4.78 is 16.1. The van der Waals surface area contributed by atoms with Gasteiger partial charge in [0.25, 0.3) is 0 Å². The summed E-state index contributed by atoms with van der Waals surface area (Å²) >= 11 is 0. The smallest absolute Gasteiger partial charge is 0.128 e. The van der Waals surface area contributed by atoms with Crippen molar-refractivity contribution in [3.05, 3.63) is 23.8 Å². The quantitative estimate of drug-likeness (QED) is 0.892. The van der Waals surface area contributed by atoms with Gasteiger partial charge in [0.1, 0.15) is 11.5 Å². The Labute approximate surface area is 107 Å². The van der Waals surface area contributed by atoms with Crippen molar-refractivity contribution in [3.8, 4) is 11.5 Å². The SMILES string of the molecule is COc1cccc(OC)c1C(O)C1CCCOC1. The van der Waals surface area contributed by atoms with E-state index in [1.165, 1.54) is 0 Å². The van der Waals surface area contributed by atoms with E-state index < -0.39 is 6.10 Å². The maximum atomic E-state index is 10.5. The van der Waals surface area contributed by atoms with Crippen molar-refractivity contribution in [3.63, 3.8) is 0 Å². The van der Waals surface area contributed by atoms with Gasteiger partial charge in [-0.15, -0.1) is 0 Å². The summed E-state index contributed by atoms with van der Waals surface area (Å²) in [5.74, 6) is 1.42. The summed E-state index contributed by atoms with van der Waals surface area (Å²) in [5.41, 5.74) is 0.720. The zero-order valence-corrected chi connectivity index (χ0v) is 10.9. The first-order chi connectivity index (χ1) is 8.77. The van der Waals surface area contributed by atoms with Crippen LogP contribution in [0.15, 0.2) is 18.2 Å². The van der Waals surface area contributed by atoms with Crippen molar-refractivity contribution < 1.29 is 19.3 Å². The standard InChI is InChI=1S/C14H20O4/c1-16-11-6-3-7-12(17-2)13(11)14(15)10-5-4-8-18-9-10/h3,6-7,10,14-15H,4-5,8-9H2,1-2H3. The van der Waals surface area contributed by atoms with Gasteiger partial charge in [-0.2, -0.15) is 0 Å². The molecule has 18 heavy (non-hydrogen) atoms. The first kappa shape index (κ1) is 13.2. The Bertz CT molecular complexity index is 363. The second-order valence-corrected chi connectivity index (χ2v) is 4.50. The molecule has 1 aliphatic rings. The summed E-state index contributed by atoms with van der Waals surface area (Å²) in [6, 6.07) is 5.53. The summed E-state index contributed by atoms with van der Waals surface area (Å²) in [6.45, 7) is 1.37. The highest BCUT2D eigenvalue weighted by molar-refractivity contribution is 5.46. The molecule has 4 heteroatoms. The summed E-state index contributed by atoms with van der Waals surface area (Å²) in [5, 5.41) is 10.5. The lowest BCUT2D eigenvalue weighted by atomic mass is 9.90. The van der Waals surface area contributed by atoms with Gasteiger partial charge in [-0.25, -0.2) is 0 Å². The van der Waals surface area contributed by atoms with Gasteiger partial charge in [0.05, 0.1) is 32.5 Å². The molecule has 1 saturated heterocycles. The molecule has 2 atom stereocenters. The van der Waals surface area contributed by atoms with Crippen molar-refractivity contribution >= 4 is 0 Å². The van der Waals surface area contributed by atoms with Gasteiger partial charge in [-0.05, 0) is 25.0 Å². The fourth-order valence-corrected chi connectivity index (χ4v) is 2.42. The van der Waals surface area contributed by atoms with E-state index in [2.05, 4.69) is 0 Å². The maximum absolute atomic E-state index is 10.5. The molecule has 2 unspecified atom stereocenters. The summed E-state index contributed by atoms with van der Waals surface area (Å²) in [7, 11) is 3.20. The molecule has 1 N–H and O–H groups in total. The Balaban J connectivity index is 2.29. The van der Waals surface area contributed by atoms with Crippen LogP contribution in [0.25, 0.3) is 0 Å². The molecule has 100 valence electrons. The Morgan fingerprint density at radius 1 is 1.28 bits per heavy atom. The van der Waals surface area contributed by atoms with Crippen LogP contribution in [-0.4, -0.2) is 32.5 Å². The third-order valence-corrected chi connectivity index (χ3v) is 3.40. The molecule has 0 saturated carbocycles. The molecule has 1 heterocycles. The number of methoxy groups -OCH3 is 2. The highest BCUT2D eigenvalue weighted by Crippen LogP contribution is 2.39. The second kappa shape index (κ2) is 6.07. The fraction of sp³-hybridized carbons (Fsp3) is 0.571. The molecule has 1 aliphatic heterocycles.